The van der Waals surface area contributed by atoms with Gasteiger partial charge in [0.2, 0.25) is 0 Å². The first-order valence-electron chi connectivity index (χ1n) is 7.71. The number of hydrogen-bond acceptors (Lipinski definition) is 3. The number of aromatic nitrogens is 1. The molecule has 1 aromatic rings. The lowest BCUT2D eigenvalue weighted by Crippen LogP contribution is -2.18. The number of rotatable bonds is 6. The Morgan fingerprint density at radius 1 is 1.16 bits per heavy atom. The summed E-state index contributed by atoms with van der Waals surface area (Å²) in [6.07, 6.45) is 13.2. The van der Waals surface area contributed by atoms with Crippen molar-refractivity contribution in [3.63, 3.8) is 0 Å². The van der Waals surface area contributed by atoms with Gasteiger partial charge in [-0.3, -0.25) is 4.98 Å². The lowest BCUT2D eigenvalue weighted by atomic mass is 9.90. The molecule has 3 heteroatoms. The van der Waals surface area contributed by atoms with Gasteiger partial charge in [-0.25, -0.2) is 0 Å². The summed E-state index contributed by atoms with van der Waals surface area (Å²) < 4.78 is 6.05. The highest BCUT2D eigenvalue weighted by Crippen LogP contribution is 2.26. The van der Waals surface area contributed by atoms with Crippen LogP contribution >= 0.6 is 0 Å². The molecule has 3 nitrogen and oxygen atoms in total. The Bertz CT molecular complexity index is 397. The lowest BCUT2D eigenvalue weighted by molar-refractivity contribution is 0.207. The standard InChI is InChI=1S/C16H24N2O/c1-2-4-13(5-3-1)12-19-16-8-9-17-10-14(16)11-18-15-6-7-15/h8-10,13,15,18H,1-7,11-12H2. The van der Waals surface area contributed by atoms with Crippen LogP contribution < -0.4 is 10.1 Å². The van der Waals surface area contributed by atoms with Gasteiger partial charge in [0.25, 0.3) is 0 Å². The highest BCUT2D eigenvalue weighted by atomic mass is 16.5. The van der Waals surface area contributed by atoms with Crippen molar-refractivity contribution in [3.05, 3.63) is 24.0 Å². The van der Waals surface area contributed by atoms with Crippen LogP contribution in [0.15, 0.2) is 18.5 Å². The van der Waals surface area contributed by atoms with Gasteiger partial charge in [-0.2, -0.15) is 0 Å². The van der Waals surface area contributed by atoms with E-state index < -0.39 is 0 Å². The maximum Gasteiger partial charge on any atom is 0.126 e. The van der Waals surface area contributed by atoms with E-state index in [1.165, 1.54) is 50.5 Å². The Kier molecular flexibility index (Phi) is 4.34. The molecule has 0 bridgehead atoms. The van der Waals surface area contributed by atoms with Crippen LogP contribution in [0.4, 0.5) is 0 Å². The van der Waals surface area contributed by atoms with E-state index in [2.05, 4.69) is 10.3 Å². The molecule has 19 heavy (non-hydrogen) atoms. The number of pyridine rings is 1. The zero-order valence-electron chi connectivity index (χ0n) is 11.6. The summed E-state index contributed by atoms with van der Waals surface area (Å²) in [5, 5.41) is 3.53. The molecule has 0 unspecified atom stereocenters. The van der Waals surface area contributed by atoms with Crippen LogP contribution in [-0.2, 0) is 6.54 Å². The van der Waals surface area contributed by atoms with Crippen molar-refractivity contribution < 1.29 is 4.74 Å². The first-order chi connectivity index (χ1) is 9.42. The van der Waals surface area contributed by atoms with Gasteiger partial charge in [-0.05, 0) is 37.7 Å². The summed E-state index contributed by atoms with van der Waals surface area (Å²) in [7, 11) is 0. The minimum Gasteiger partial charge on any atom is -0.493 e. The summed E-state index contributed by atoms with van der Waals surface area (Å²) >= 11 is 0. The minimum absolute atomic E-state index is 0.728. The molecule has 1 heterocycles. The third-order valence-corrected chi connectivity index (χ3v) is 4.22. The highest BCUT2D eigenvalue weighted by molar-refractivity contribution is 5.30. The zero-order chi connectivity index (χ0) is 12.9. The van der Waals surface area contributed by atoms with Crippen LogP contribution in [0.5, 0.6) is 5.75 Å². The quantitative estimate of drug-likeness (QED) is 0.852. The molecular formula is C16H24N2O. The molecule has 0 aliphatic heterocycles. The van der Waals surface area contributed by atoms with Crippen molar-refractivity contribution in [2.24, 2.45) is 5.92 Å². The van der Waals surface area contributed by atoms with Crippen molar-refractivity contribution in [1.29, 1.82) is 0 Å². The average Bonchev–Trinajstić information content (AvgIpc) is 3.29. The van der Waals surface area contributed by atoms with Crippen LogP contribution in [0.3, 0.4) is 0 Å². The lowest BCUT2D eigenvalue weighted by Gasteiger charge is -2.22. The molecule has 0 aromatic carbocycles. The van der Waals surface area contributed by atoms with E-state index in [0.717, 1.165) is 30.9 Å². The number of ether oxygens (including phenoxy) is 1. The first-order valence-corrected chi connectivity index (χ1v) is 7.71. The minimum atomic E-state index is 0.728. The smallest absolute Gasteiger partial charge is 0.126 e. The third-order valence-electron chi connectivity index (χ3n) is 4.22. The maximum atomic E-state index is 6.05. The molecule has 2 aliphatic rings. The molecule has 2 aliphatic carbocycles. The van der Waals surface area contributed by atoms with Crippen LogP contribution in [-0.4, -0.2) is 17.6 Å². The molecule has 1 N–H and O–H groups in total. The second-order valence-corrected chi connectivity index (χ2v) is 5.95. The van der Waals surface area contributed by atoms with E-state index in [1.807, 2.05) is 18.5 Å². The van der Waals surface area contributed by atoms with Gasteiger partial charge in [-0.1, -0.05) is 19.3 Å². The predicted molar refractivity (Wildman–Crippen MR) is 76.2 cm³/mol. The van der Waals surface area contributed by atoms with E-state index >= 15 is 0 Å². The monoisotopic (exact) mass is 260 g/mol. The predicted octanol–water partition coefficient (Wildman–Crippen LogP) is 3.29. The average molecular weight is 260 g/mol. The van der Waals surface area contributed by atoms with Crippen molar-refractivity contribution in [2.75, 3.05) is 6.61 Å². The second kappa shape index (κ2) is 6.38. The van der Waals surface area contributed by atoms with Crippen LogP contribution in [0, 0.1) is 5.92 Å². The fourth-order valence-corrected chi connectivity index (χ4v) is 2.79. The van der Waals surface area contributed by atoms with E-state index in [0.29, 0.717) is 0 Å². The Hall–Kier alpha value is -1.09. The molecule has 1 aromatic heterocycles. The van der Waals surface area contributed by atoms with Gasteiger partial charge in [0, 0.05) is 30.5 Å². The van der Waals surface area contributed by atoms with Gasteiger partial charge < -0.3 is 10.1 Å². The summed E-state index contributed by atoms with van der Waals surface area (Å²) in [4.78, 5) is 4.22. The molecule has 2 saturated carbocycles. The van der Waals surface area contributed by atoms with Gasteiger partial charge >= 0.3 is 0 Å². The largest absolute Gasteiger partial charge is 0.493 e. The van der Waals surface area contributed by atoms with E-state index in [4.69, 9.17) is 4.74 Å². The third kappa shape index (κ3) is 3.93. The Labute approximate surface area is 115 Å². The van der Waals surface area contributed by atoms with Gasteiger partial charge in [0.05, 0.1) is 6.61 Å². The second-order valence-electron chi connectivity index (χ2n) is 5.95. The maximum absolute atomic E-state index is 6.05. The van der Waals surface area contributed by atoms with Crippen LogP contribution in [0.25, 0.3) is 0 Å². The number of hydrogen-bond donors (Lipinski definition) is 1. The molecule has 2 fully saturated rings. The molecule has 0 atom stereocenters. The van der Waals surface area contributed by atoms with E-state index in [9.17, 15) is 0 Å². The molecular weight excluding hydrogens is 236 g/mol. The highest BCUT2D eigenvalue weighted by Gasteiger charge is 2.21. The normalized spacial score (nSPS) is 20.4. The van der Waals surface area contributed by atoms with E-state index in [-0.39, 0.29) is 0 Å². The molecule has 3 rings (SSSR count). The van der Waals surface area contributed by atoms with Gasteiger partial charge in [0.15, 0.2) is 0 Å². The summed E-state index contributed by atoms with van der Waals surface area (Å²) in [5.74, 6) is 1.78. The fraction of sp³-hybridized carbons (Fsp3) is 0.688. The SMILES string of the molecule is c1cc(OCC2CCCCC2)c(CNC2CC2)cn1. The fourth-order valence-electron chi connectivity index (χ4n) is 2.79. The van der Waals surface area contributed by atoms with Crippen LogP contribution in [0.1, 0.15) is 50.5 Å². The molecule has 0 spiro atoms. The zero-order valence-corrected chi connectivity index (χ0v) is 11.6. The van der Waals surface area contributed by atoms with Gasteiger partial charge in [-0.15, -0.1) is 0 Å². The molecule has 104 valence electrons. The Morgan fingerprint density at radius 2 is 2.00 bits per heavy atom. The van der Waals surface area contributed by atoms with E-state index in [1.54, 1.807) is 0 Å². The summed E-state index contributed by atoms with van der Waals surface area (Å²) in [6.45, 7) is 1.76. The molecule has 0 amide bonds. The first kappa shape index (κ1) is 12.9. The molecule has 0 saturated heterocycles. The van der Waals surface area contributed by atoms with Crippen LogP contribution in [0.2, 0.25) is 0 Å². The van der Waals surface area contributed by atoms with Gasteiger partial charge in [0.1, 0.15) is 5.75 Å². The summed E-state index contributed by atoms with van der Waals surface area (Å²) in [6, 6.07) is 2.73. The summed E-state index contributed by atoms with van der Waals surface area (Å²) in [5.41, 5.74) is 1.20. The van der Waals surface area contributed by atoms with Crippen molar-refractivity contribution in [3.8, 4) is 5.75 Å². The topological polar surface area (TPSA) is 34.1 Å². The number of nitrogens with zero attached hydrogens (tertiary/aromatic N) is 1. The van der Waals surface area contributed by atoms with Crippen molar-refractivity contribution in [2.45, 2.75) is 57.5 Å². The van der Waals surface area contributed by atoms with Crippen molar-refractivity contribution in [1.82, 2.24) is 10.3 Å². The van der Waals surface area contributed by atoms with Crippen molar-refractivity contribution >= 4 is 0 Å². The Morgan fingerprint density at radius 3 is 2.79 bits per heavy atom. The molecule has 0 radical (unpaired) electrons. The Balaban J connectivity index is 1.52. The number of nitrogens with one attached hydrogen (secondary N) is 1.